The molecule has 6 nitrogen and oxygen atoms in total. The van der Waals surface area contributed by atoms with Gasteiger partial charge in [0.15, 0.2) is 0 Å². The van der Waals surface area contributed by atoms with Gasteiger partial charge in [0.25, 0.3) is 0 Å². The molecular weight excluding hydrogens is 391 g/mol. The fourth-order valence-electron chi connectivity index (χ4n) is 2.77. The molecule has 1 unspecified atom stereocenters. The van der Waals surface area contributed by atoms with Crippen molar-refractivity contribution in [3.05, 3.63) is 59.9 Å². The molecule has 2 aromatic carbocycles. The highest BCUT2D eigenvalue weighted by Crippen LogP contribution is 2.41. The predicted octanol–water partition coefficient (Wildman–Crippen LogP) is 2.51. The first-order valence-corrected chi connectivity index (χ1v) is 11.3. The van der Waals surface area contributed by atoms with Gasteiger partial charge in [0.05, 0.1) is 9.79 Å². The molecule has 0 saturated heterocycles. The Kier molecular flexibility index (Phi) is 5.40. The van der Waals surface area contributed by atoms with Crippen LogP contribution in [0.4, 0.5) is 4.39 Å². The van der Waals surface area contributed by atoms with Gasteiger partial charge in [0.2, 0.25) is 20.0 Å². The van der Waals surface area contributed by atoms with Crippen molar-refractivity contribution in [3.8, 4) is 0 Å². The Labute approximate surface area is 159 Å². The highest BCUT2D eigenvalue weighted by Gasteiger charge is 2.35. The minimum atomic E-state index is -3.86. The first kappa shape index (κ1) is 19.9. The second kappa shape index (κ2) is 7.31. The van der Waals surface area contributed by atoms with Gasteiger partial charge in [-0.1, -0.05) is 12.1 Å². The molecule has 0 spiro atoms. The van der Waals surface area contributed by atoms with Crippen LogP contribution < -0.4 is 4.72 Å². The summed E-state index contributed by atoms with van der Waals surface area (Å²) in [6.07, 6.45) is 1.79. The van der Waals surface area contributed by atoms with Crippen LogP contribution in [-0.2, 0) is 20.0 Å². The van der Waals surface area contributed by atoms with Gasteiger partial charge in [-0.15, -0.1) is 0 Å². The van der Waals surface area contributed by atoms with Gasteiger partial charge in [0, 0.05) is 20.1 Å². The summed E-state index contributed by atoms with van der Waals surface area (Å²) < 4.78 is 66.7. The molecular formula is C18H21FN2O4S2. The highest BCUT2D eigenvalue weighted by molar-refractivity contribution is 7.89. The van der Waals surface area contributed by atoms with Crippen LogP contribution in [0, 0.1) is 11.7 Å². The normalized spacial score (nSPS) is 16.4. The van der Waals surface area contributed by atoms with Gasteiger partial charge in [-0.2, -0.15) is 0 Å². The molecule has 0 amide bonds. The van der Waals surface area contributed by atoms with Gasteiger partial charge in [-0.25, -0.2) is 30.3 Å². The molecule has 9 heteroatoms. The number of nitrogens with one attached hydrogen (secondary N) is 1. The Bertz CT molecular complexity index is 1010. The van der Waals surface area contributed by atoms with E-state index < -0.39 is 26.1 Å². The van der Waals surface area contributed by atoms with Crippen molar-refractivity contribution in [2.75, 3.05) is 14.1 Å². The number of sulfonamides is 2. The van der Waals surface area contributed by atoms with Crippen LogP contribution in [0.25, 0.3) is 0 Å². The van der Waals surface area contributed by atoms with Crippen molar-refractivity contribution < 1.29 is 21.2 Å². The average molecular weight is 413 g/mol. The van der Waals surface area contributed by atoms with Crippen LogP contribution >= 0.6 is 0 Å². The first-order chi connectivity index (χ1) is 12.6. The van der Waals surface area contributed by atoms with E-state index in [0.717, 1.165) is 17.1 Å². The van der Waals surface area contributed by atoms with E-state index in [0.29, 0.717) is 5.56 Å². The summed E-state index contributed by atoms with van der Waals surface area (Å²) in [7, 11) is -4.67. The summed E-state index contributed by atoms with van der Waals surface area (Å²) in [5.41, 5.74) is 0.703. The molecule has 1 N–H and O–H groups in total. The van der Waals surface area contributed by atoms with Gasteiger partial charge in [0.1, 0.15) is 5.82 Å². The molecule has 27 heavy (non-hydrogen) atoms. The zero-order valence-electron chi connectivity index (χ0n) is 15.0. The van der Waals surface area contributed by atoms with Crippen molar-refractivity contribution in [1.29, 1.82) is 0 Å². The SMILES string of the molecule is CN(C)S(=O)(=O)c1ccc(S(=O)(=O)NC(c2ccc(F)cc2)C2CC2)cc1. The van der Waals surface area contributed by atoms with Gasteiger partial charge in [-0.05, 0) is 60.7 Å². The summed E-state index contributed by atoms with van der Waals surface area (Å²) in [6.45, 7) is 0. The van der Waals surface area contributed by atoms with Crippen molar-refractivity contribution in [2.24, 2.45) is 5.92 Å². The standard InChI is InChI=1S/C18H21FN2O4S2/c1-21(2)27(24,25)17-11-9-16(10-12-17)26(22,23)20-18(13-3-4-13)14-5-7-15(19)8-6-14/h5-13,18,20H,3-4H2,1-2H3. The van der Waals surface area contributed by atoms with Crippen LogP contribution in [-0.4, -0.2) is 35.2 Å². The molecule has 1 aliphatic rings. The van der Waals surface area contributed by atoms with E-state index in [9.17, 15) is 21.2 Å². The molecule has 1 aliphatic carbocycles. The predicted molar refractivity (Wildman–Crippen MR) is 99.5 cm³/mol. The summed E-state index contributed by atoms with van der Waals surface area (Å²) in [4.78, 5) is -0.00306. The molecule has 146 valence electrons. The lowest BCUT2D eigenvalue weighted by Crippen LogP contribution is -2.30. The van der Waals surface area contributed by atoms with E-state index in [-0.39, 0.29) is 21.5 Å². The lowest BCUT2D eigenvalue weighted by molar-refractivity contribution is 0.519. The zero-order valence-corrected chi connectivity index (χ0v) is 16.6. The van der Waals surface area contributed by atoms with Crippen LogP contribution in [0.15, 0.2) is 58.3 Å². The summed E-state index contributed by atoms with van der Waals surface area (Å²) >= 11 is 0. The number of nitrogens with zero attached hydrogens (tertiary/aromatic N) is 1. The number of hydrogen-bond donors (Lipinski definition) is 1. The molecule has 1 saturated carbocycles. The minimum absolute atomic E-state index is 0.0173. The molecule has 0 bridgehead atoms. The lowest BCUT2D eigenvalue weighted by Gasteiger charge is -2.19. The Morgan fingerprint density at radius 1 is 0.926 bits per heavy atom. The van der Waals surface area contributed by atoms with E-state index in [2.05, 4.69) is 4.72 Å². The third-order valence-corrected chi connectivity index (χ3v) is 7.80. The van der Waals surface area contributed by atoms with Crippen molar-refractivity contribution in [2.45, 2.75) is 28.7 Å². The molecule has 0 radical (unpaired) electrons. The fraction of sp³-hybridized carbons (Fsp3) is 0.333. The lowest BCUT2D eigenvalue weighted by atomic mass is 10.0. The highest BCUT2D eigenvalue weighted by atomic mass is 32.2. The Balaban J connectivity index is 1.86. The quantitative estimate of drug-likeness (QED) is 0.757. The number of benzene rings is 2. The smallest absolute Gasteiger partial charge is 0.207 e. The molecule has 3 rings (SSSR count). The first-order valence-electron chi connectivity index (χ1n) is 8.41. The maximum absolute atomic E-state index is 13.2. The largest absolute Gasteiger partial charge is 0.242 e. The van der Waals surface area contributed by atoms with Crippen LogP contribution in [0.5, 0.6) is 0 Å². The molecule has 1 atom stereocenters. The second-order valence-corrected chi connectivity index (χ2v) is 10.6. The van der Waals surface area contributed by atoms with Crippen molar-refractivity contribution in [1.82, 2.24) is 9.03 Å². The Hall–Kier alpha value is -1.81. The maximum atomic E-state index is 13.2. The summed E-state index contributed by atoms with van der Waals surface area (Å²) in [6, 6.07) is 10.4. The second-order valence-electron chi connectivity index (χ2n) is 6.75. The number of rotatable bonds is 7. The zero-order chi connectivity index (χ0) is 19.8. The monoisotopic (exact) mass is 412 g/mol. The van der Waals surface area contributed by atoms with Crippen LogP contribution in [0.1, 0.15) is 24.4 Å². The molecule has 0 aromatic heterocycles. The minimum Gasteiger partial charge on any atom is -0.207 e. The topological polar surface area (TPSA) is 83.6 Å². The third-order valence-electron chi connectivity index (χ3n) is 4.52. The van der Waals surface area contributed by atoms with E-state index in [1.54, 1.807) is 12.1 Å². The third kappa shape index (κ3) is 4.37. The molecule has 0 aliphatic heterocycles. The molecule has 2 aromatic rings. The number of hydrogen-bond acceptors (Lipinski definition) is 4. The Morgan fingerprint density at radius 3 is 1.93 bits per heavy atom. The van der Waals surface area contributed by atoms with Gasteiger partial charge in [-0.3, -0.25) is 0 Å². The van der Waals surface area contributed by atoms with Gasteiger partial charge < -0.3 is 0 Å². The molecule has 1 fully saturated rings. The maximum Gasteiger partial charge on any atom is 0.242 e. The van der Waals surface area contributed by atoms with E-state index >= 15 is 0 Å². The molecule has 0 heterocycles. The van der Waals surface area contributed by atoms with Crippen molar-refractivity contribution >= 4 is 20.0 Å². The summed E-state index contributed by atoms with van der Waals surface area (Å²) in [5, 5.41) is 0. The average Bonchev–Trinajstić information content (AvgIpc) is 3.45. The fourth-order valence-corrected chi connectivity index (χ4v) is 4.97. The van der Waals surface area contributed by atoms with Crippen LogP contribution in [0.3, 0.4) is 0 Å². The summed E-state index contributed by atoms with van der Waals surface area (Å²) in [5.74, 6) is -0.215. The Morgan fingerprint density at radius 2 is 1.44 bits per heavy atom. The van der Waals surface area contributed by atoms with E-state index in [1.807, 2.05) is 0 Å². The van der Waals surface area contributed by atoms with Crippen molar-refractivity contribution in [3.63, 3.8) is 0 Å². The van der Waals surface area contributed by atoms with Gasteiger partial charge >= 0.3 is 0 Å². The van der Waals surface area contributed by atoms with E-state index in [1.165, 1.54) is 50.5 Å². The van der Waals surface area contributed by atoms with E-state index in [4.69, 9.17) is 0 Å². The van der Waals surface area contributed by atoms with Crippen LogP contribution in [0.2, 0.25) is 0 Å². The number of halogens is 1.